The van der Waals surface area contributed by atoms with Crippen molar-refractivity contribution in [3.8, 4) is 0 Å². The number of imidazole rings is 1. The minimum absolute atomic E-state index is 0.273. The lowest BCUT2D eigenvalue weighted by Crippen LogP contribution is -2.26. The van der Waals surface area contributed by atoms with Crippen LogP contribution in [0.4, 0.5) is 0 Å². The van der Waals surface area contributed by atoms with Gasteiger partial charge in [-0.3, -0.25) is 0 Å². The van der Waals surface area contributed by atoms with E-state index in [0.717, 1.165) is 11.5 Å². The minimum Gasteiger partial charge on any atom is -0.363 e. The number of aromatic amines is 2. The van der Waals surface area contributed by atoms with Crippen LogP contribution in [-0.2, 0) is 23.0 Å². The SMILES string of the molecule is O=S(=O)(NCCc1ncc[nH]1)c1c[nH]c(CNC2CC2)c1. The molecule has 2 aromatic rings. The van der Waals surface area contributed by atoms with Crippen LogP contribution in [0.2, 0.25) is 0 Å². The van der Waals surface area contributed by atoms with Gasteiger partial charge in [-0.1, -0.05) is 0 Å². The molecule has 3 rings (SSSR count). The Morgan fingerprint density at radius 3 is 2.90 bits per heavy atom. The molecule has 7 nitrogen and oxygen atoms in total. The maximum absolute atomic E-state index is 12.1. The fraction of sp³-hybridized carbons (Fsp3) is 0.462. The van der Waals surface area contributed by atoms with Gasteiger partial charge in [0.15, 0.2) is 0 Å². The zero-order valence-electron chi connectivity index (χ0n) is 11.6. The first-order valence-corrected chi connectivity index (χ1v) is 8.50. The zero-order chi connectivity index (χ0) is 14.7. The van der Waals surface area contributed by atoms with E-state index in [2.05, 4.69) is 25.0 Å². The van der Waals surface area contributed by atoms with E-state index in [1.165, 1.54) is 19.0 Å². The Labute approximate surface area is 123 Å². The largest absolute Gasteiger partial charge is 0.363 e. The Morgan fingerprint density at radius 1 is 1.33 bits per heavy atom. The van der Waals surface area contributed by atoms with Gasteiger partial charge >= 0.3 is 0 Å². The van der Waals surface area contributed by atoms with Crippen LogP contribution in [0.25, 0.3) is 0 Å². The van der Waals surface area contributed by atoms with Gasteiger partial charge in [0.1, 0.15) is 5.82 Å². The van der Waals surface area contributed by atoms with Crippen molar-refractivity contribution in [1.29, 1.82) is 0 Å². The standard InChI is InChI=1S/C13H19N5O2S/c19-21(20,18-4-3-13-14-5-6-15-13)12-7-11(17-9-12)8-16-10-1-2-10/h5-7,9-10,16-18H,1-4,8H2,(H,14,15). The topological polar surface area (TPSA) is 103 Å². The molecule has 0 aromatic carbocycles. The Hall–Kier alpha value is -1.64. The fourth-order valence-corrected chi connectivity index (χ4v) is 3.09. The van der Waals surface area contributed by atoms with Crippen LogP contribution in [-0.4, -0.2) is 36.0 Å². The van der Waals surface area contributed by atoms with Crippen LogP contribution in [0, 0.1) is 0 Å². The number of sulfonamides is 1. The minimum atomic E-state index is -3.47. The lowest BCUT2D eigenvalue weighted by Gasteiger charge is -2.03. The number of aromatic nitrogens is 3. The maximum Gasteiger partial charge on any atom is 0.242 e. The summed E-state index contributed by atoms with van der Waals surface area (Å²) >= 11 is 0. The van der Waals surface area contributed by atoms with Crippen molar-refractivity contribution in [2.24, 2.45) is 0 Å². The van der Waals surface area contributed by atoms with E-state index >= 15 is 0 Å². The van der Waals surface area contributed by atoms with Crippen LogP contribution in [0.5, 0.6) is 0 Å². The molecule has 2 aromatic heterocycles. The van der Waals surface area contributed by atoms with Gasteiger partial charge in [-0.05, 0) is 18.9 Å². The third-order valence-electron chi connectivity index (χ3n) is 3.39. The molecule has 0 atom stereocenters. The highest BCUT2D eigenvalue weighted by molar-refractivity contribution is 7.89. The molecule has 0 aliphatic heterocycles. The predicted octanol–water partition coefficient (Wildman–Crippen LogP) is 0.511. The Bertz CT molecular complexity index is 673. The lowest BCUT2D eigenvalue weighted by atomic mass is 10.4. The number of nitrogens with one attached hydrogen (secondary N) is 4. The summed E-state index contributed by atoms with van der Waals surface area (Å²) in [7, 11) is -3.47. The molecule has 4 N–H and O–H groups in total. The van der Waals surface area contributed by atoms with Crippen molar-refractivity contribution in [2.45, 2.75) is 36.7 Å². The van der Waals surface area contributed by atoms with E-state index in [1.54, 1.807) is 18.5 Å². The number of H-pyrrole nitrogens is 2. The molecule has 2 heterocycles. The third kappa shape index (κ3) is 3.93. The van der Waals surface area contributed by atoms with E-state index in [9.17, 15) is 8.42 Å². The van der Waals surface area contributed by atoms with Crippen LogP contribution in [0.15, 0.2) is 29.6 Å². The maximum atomic E-state index is 12.1. The molecule has 21 heavy (non-hydrogen) atoms. The molecule has 0 saturated heterocycles. The first kappa shape index (κ1) is 14.3. The van der Waals surface area contributed by atoms with E-state index in [0.29, 0.717) is 25.6 Å². The average molecular weight is 309 g/mol. The van der Waals surface area contributed by atoms with E-state index in [1.807, 2.05) is 0 Å². The van der Waals surface area contributed by atoms with Crippen LogP contribution >= 0.6 is 0 Å². The molecule has 0 amide bonds. The zero-order valence-corrected chi connectivity index (χ0v) is 12.4. The summed E-state index contributed by atoms with van der Waals surface area (Å²) in [5.41, 5.74) is 0.883. The normalized spacial score (nSPS) is 15.4. The summed E-state index contributed by atoms with van der Waals surface area (Å²) in [5.74, 6) is 0.765. The quantitative estimate of drug-likeness (QED) is 0.570. The van der Waals surface area contributed by atoms with Gasteiger partial charge in [-0.25, -0.2) is 18.1 Å². The Morgan fingerprint density at radius 2 is 2.19 bits per heavy atom. The summed E-state index contributed by atoms with van der Waals surface area (Å²) in [6.45, 7) is 0.989. The summed E-state index contributed by atoms with van der Waals surface area (Å²) < 4.78 is 26.9. The molecule has 1 aliphatic rings. The molecular weight excluding hydrogens is 290 g/mol. The predicted molar refractivity (Wildman–Crippen MR) is 78.1 cm³/mol. The second-order valence-electron chi connectivity index (χ2n) is 5.20. The number of rotatable bonds is 8. The van der Waals surface area contributed by atoms with Gasteiger partial charge in [0.25, 0.3) is 0 Å². The van der Waals surface area contributed by atoms with Gasteiger partial charge in [0, 0.05) is 49.8 Å². The second kappa shape index (κ2) is 6.00. The number of hydrogen-bond donors (Lipinski definition) is 4. The third-order valence-corrected chi connectivity index (χ3v) is 4.83. The fourth-order valence-electron chi connectivity index (χ4n) is 2.04. The Balaban J connectivity index is 1.53. The molecule has 114 valence electrons. The summed E-state index contributed by atoms with van der Waals surface area (Å²) in [5, 5.41) is 3.34. The first-order chi connectivity index (χ1) is 10.1. The molecule has 0 unspecified atom stereocenters. The van der Waals surface area contributed by atoms with Crippen molar-refractivity contribution in [1.82, 2.24) is 25.0 Å². The molecule has 0 radical (unpaired) electrons. The molecule has 8 heteroatoms. The van der Waals surface area contributed by atoms with Crippen molar-refractivity contribution < 1.29 is 8.42 Å². The summed E-state index contributed by atoms with van der Waals surface area (Å²) in [6.07, 6.45) is 7.84. The number of nitrogens with zero attached hydrogens (tertiary/aromatic N) is 1. The van der Waals surface area contributed by atoms with Crippen molar-refractivity contribution in [2.75, 3.05) is 6.54 Å². The summed E-state index contributed by atoms with van der Waals surface area (Å²) in [6, 6.07) is 2.27. The van der Waals surface area contributed by atoms with Crippen molar-refractivity contribution in [3.63, 3.8) is 0 Å². The summed E-state index contributed by atoms with van der Waals surface area (Å²) in [4.78, 5) is 10.3. The van der Waals surface area contributed by atoms with Crippen molar-refractivity contribution in [3.05, 3.63) is 36.2 Å². The van der Waals surface area contributed by atoms with Crippen LogP contribution in [0.1, 0.15) is 24.4 Å². The van der Waals surface area contributed by atoms with Gasteiger partial charge in [0.05, 0.1) is 4.90 Å². The van der Waals surface area contributed by atoms with Gasteiger partial charge in [0.2, 0.25) is 10.0 Å². The molecule has 0 spiro atoms. The van der Waals surface area contributed by atoms with E-state index in [4.69, 9.17) is 0 Å². The van der Waals surface area contributed by atoms with Gasteiger partial charge in [-0.15, -0.1) is 0 Å². The van der Waals surface area contributed by atoms with Crippen LogP contribution in [0.3, 0.4) is 0 Å². The highest BCUT2D eigenvalue weighted by Crippen LogP contribution is 2.19. The Kier molecular flexibility index (Phi) is 4.09. The smallest absolute Gasteiger partial charge is 0.242 e. The number of hydrogen-bond acceptors (Lipinski definition) is 4. The highest BCUT2D eigenvalue weighted by atomic mass is 32.2. The van der Waals surface area contributed by atoms with Crippen LogP contribution < -0.4 is 10.0 Å². The molecule has 1 saturated carbocycles. The van der Waals surface area contributed by atoms with E-state index < -0.39 is 10.0 Å². The molecule has 1 fully saturated rings. The molecule has 1 aliphatic carbocycles. The first-order valence-electron chi connectivity index (χ1n) is 7.02. The average Bonchev–Trinajstić information content (AvgIpc) is 2.93. The van der Waals surface area contributed by atoms with Gasteiger partial charge < -0.3 is 15.3 Å². The highest BCUT2D eigenvalue weighted by Gasteiger charge is 2.21. The van der Waals surface area contributed by atoms with Gasteiger partial charge in [-0.2, -0.15) is 0 Å². The second-order valence-corrected chi connectivity index (χ2v) is 6.97. The van der Waals surface area contributed by atoms with Crippen molar-refractivity contribution >= 4 is 10.0 Å². The molecule has 0 bridgehead atoms. The molecular formula is C13H19N5O2S. The monoisotopic (exact) mass is 309 g/mol. The lowest BCUT2D eigenvalue weighted by molar-refractivity contribution is 0.581. The van der Waals surface area contributed by atoms with E-state index in [-0.39, 0.29) is 4.90 Å².